The van der Waals surface area contributed by atoms with E-state index in [1.807, 2.05) is 25.1 Å². The van der Waals surface area contributed by atoms with E-state index in [0.29, 0.717) is 6.42 Å². The molecule has 0 aliphatic heterocycles. The Morgan fingerprint density at radius 2 is 1.83 bits per heavy atom. The molecule has 2 aromatic rings. The highest BCUT2D eigenvalue weighted by atomic mass is 19.4. The Morgan fingerprint density at radius 3 is 2.44 bits per heavy atom. The topological polar surface area (TPSA) is 26.0 Å². The van der Waals surface area contributed by atoms with Gasteiger partial charge in [-0.3, -0.25) is 0 Å². The Kier molecular flexibility index (Phi) is 3.30. The Balaban J connectivity index is 2.60. The first-order chi connectivity index (χ1) is 8.43. The summed E-state index contributed by atoms with van der Waals surface area (Å²) in [5.74, 6) is 0. The van der Waals surface area contributed by atoms with Crippen LogP contribution in [0.5, 0.6) is 0 Å². The predicted octanol–water partition coefficient (Wildman–Crippen LogP) is 3.96. The van der Waals surface area contributed by atoms with E-state index in [9.17, 15) is 13.2 Å². The summed E-state index contributed by atoms with van der Waals surface area (Å²) in [5.41, 5.74) is 6.28. The molecule has 0 radical (unpaired) electrons. The van der Waals surface area contributed by atoms with Gasteiger partial charge >= 0.3 is 6.18 Å². The lowest BCUT2D eigenvalue weighted by Crippen LogP contribution is -2.28. The Morgan fingerprint density at radius 1 is 1.17 bits per heavy atom. The van der Waals surface area contributed by atoms with Crippen molar-refractivity contribution in [1.82, 2.24) is 0 Å². The summed E-state index contributed by atoms with van der Waals surface area (Å²) >= 11 is 0. The van der Waals surface area contributed by atoms with Gasteiger partial charge in [-0.15, -0.1) is 0 Å². The number of hydrogen-bond donors (Lipinski definition) is 1. The largest absolute Gasteiger partial charge is 0.407 e. The van der Waals surface area contributed by atoms with E-state index in [-0.39, 0.29) is 5.56 Å². The zero-order valence-electron chi connectivity index (χ0n) is 9.96. The van der Waals surface area contributed by atoms with Crippen molar-refractivity contribution in [3.05, 3.63) is 47.5 Å². The van der Waals surface area contributed by atoms with Gasteiger partial charge in [0.1, 0.15) is 6.04 Å². The number of rotatable bonds is 2. The summed E-state index contributed by atoms with van der Waals surface area (Å²) in [6.07, 6.45) is -3.73. The van der Waals surface area contributed by atoms with E-state index in [1.54, 1.807) is 12.1 Å². The van der Waals surface area contributed by atoms with Crippen LogP contribution in [0.25, 0.3) is 10.8 Å². The van der Waals surface area contributed by atoms with Gasteiger partial charge in [-0.2, -0.15) is 13.2 Å². The lowest BCUT2D eigenvalue weighted by Gasteiger charge is -2.18. The molecule has 0 amide bonds. The molecule has 2 rings (SSSR count). The predicted molar refractivity (Wildman–Crippen MR) is 66.3 cm³/mol. The van der Waals surface area contributed by atoms with Crippen molar-refractivity contribution in [2.75, 3.05) is 0 Å². The number of fused-ring (bicyclic) bond motifs is 1. The van der Waals surface area contributed by atoms with E-state index >= 15 is 0 Å². The molecule has 18 heavy (non-hydrogen) atoms. The molecule has 0 saturated carbocycles. The third-order valence-electron chi connectivity index (χ3n) is 3.06. The number of aryl methyl sites for hydroxylation is 1. The van der Waals surface area contributed by atoms with Crippen LogP contribution in [0.4, 0.5) is 13.2 Å². The van der Waals surface area contributed by atoms with Crippen LogP contribution in [0.1, 0.15) is 24.1 Å². The molecular formula is C14H14F3N. The van der Waals surface area contributed by atoms with Gasteiger partial charge < -0.3 is 5.73 Å². The first-order valence-electron chi connectivity index (χ1n) is 5.77. The van der Waals surface area contributed by atoms with Crippen molar-refractivity contribution in [1.29, 1.82) is 0 Å². The summed E-state index contributed by atoms with van der Waals surface area (Å²) in [6.45, 7) is 1.92. The van der Waals surface area contributed by atoms with Crippen molar-refractivity contribution in [2.24, 2.45) is 5.73 Å². The average molecular weight is 253 g/mol. The van der Waals surface area contributed by atoms with Gasteiger partial charge in [0.25, 0.3) is 0 Å². The Hall–Kier alpha value is -1.55. The fraction of sp³-hybridized carbons (Fsp3) is 0.286. The third kappa shape index (κ3) is 2.34. The molecule has 0 heterocycles. The standard InChI is InChI=1S/C14H14F3N/c1-2-9-7-11(13(18)14(15,16)17)8-10-5-3-4-6-12(9)10/h3-8,13H,2,18H2,1H3/t13-/m0/s1. The Labute approximate surface area is 103 Å². The SMILES string of the molecule is CCc1cc([C@H](N)C(F)(F)F)cc2ccccc12. The molecule has 0 saturated heterocycles. The summed E-state index contributed by atoms with van der Waals surface area (Å²) in [7, 11) is 0. The third-order valence-corrected chi connectivity index (χ3v) is 3.06. The zero-order valence-corrected chi connectivity index (χ0v) is 9.96. The van der Waals surface area contributed by atoms with Crippen LogP contribution in [0.15, 0.2) is 36.4 Å². The molecule has 2 N–H and O–H groups in total. The summed E-state index contributed by atoms with van der Waals surface area (Å²) in [5, 5.41) is 1.78. The van der Waals surface area contributed by atoms with Crippen LogP contribution in [-0.4, -0.2) is 6.18 Å². The van der Waals surface area contributed by atoms with Crippen molar-refractivity contribution >= 4 is 10.8 Å². The molecule has 4 heteroatoms. The smallest absolute Gasteiger partial charge is 0.316 e. The Bertz CT molecular complexity index is 560. The van der Waals surface area contributed by atoms with Crippen molar-refractivity contribution < 1.29 is 13.2 Å². The highest BCUT2D eigenvalue weighted by Gasteiger charge is 2.38. The second kappa shape index (κ2) is 4.61. The van der Waals surface area contributed by atoms with Crippen LogP contribution in [-0.2, 0) is 6.42 Å². The number of halogens is 3. The van der Waals surface area contributed by atoms with Crippen LogP contribution >= 0.6 is 0 Å². The molecule has 0 bridgehead atoms. The summed E-state index contributed by atoms with van der Waals surface area (Å²) in [4.78, 5) is 0. The number of hydrogen-bond acceptors (Lipinski definition) is 1. The van der Waals surface area contributed by atoms with Gasteiger partial charge in [-0.25, -0.2) is 0 Å². The van der Waals surface area contributed by atoms with E-state index < -0.39 is 12.2 Å². The van der Waals surface area contributed by atoms with Crippen molar-refractivity contribution in [3.8, 4) is 0 Å². The summed E-state index contributed by atoms with van der Waals surface area (Å²) < 4.78 is 37.9. The zero-order chi connectivity index (χ0) is 13.3. The van der Waals surface area contributed by atoms with Gasteiger partial charge in [0.2, 0.25) is 0 Å². The maximum absolute atomic E-state index is 12.6. The van der Waals surface area contributed by atoms with Gasteiger partial charge in [0.15, 0.2) is 0 Å². The second-order valence-electron chi connectivity index (χ2n) is 4.27. The molecule has 2 aromatic carbocycles. The molecule has 0 spiro atoms. The lowest BCUT2D eigenvalue weighted by atomic mass is 9.96. The summed E-state index contributed by atoms with van der Waals surface area (Å²) in [6, 6.07) is 8.56. The molecule has 96 valence electrons. The van der Waals surface area contributed by atoms with Crippen molar-refractivity contribution in [2.45, 2.75) is 25.6 Å². The van der Waals surface area contributed by atoms with E-state index in [0.717, 1.165) is 16.3 Å². The minimum atomic E-state index is -4.41. The highest BCUT2D eigenvalue weighted by Crippen LogP contribution is 2.33. The van der Waals surface area contributed by atoms with Gasteiger partial charge in [0, 0.05) is 0 Å². The van der Waals surface area contributed by atoms with Crippen LogP contribution < -0.4 is 5.73 Å². The second-order valence-corrected chi connectivity index (χ2v) is 4.27. The first kappa shape index (κ1) is 12.9. The maximum atomic E-state index is 12.6. The van der Waals surface area contributed by atoms with Gasteiger partial charge in [-0.1, -0.05) is 37.3 Å². The minimum Gasteiger partial charge on any atom is -0.316 e. The van der Waals surface area contributed by atoms with Crippen LogP contribution in [0, 0.1) is 0 Å². The molecule has 0 aromatic heterocycles. The first-order valence-corrected chi connectivity index (χ1v) is 5.77. The minimum absolute atomic E-state index is 0.123. The molecule has 0 unspecified atom stereocenters. The molecular weight excluding hydrogens is 239 g/mol. The van der Waals surface area contributed by atoms with E-state index in [1.165, 1.54) is 6.07 Å². The lowest BCUT2D eigenvalue weighted by molar-refractivity contribution is -0.149. The molecule has 1 nitrogen and oxygen atoms in total. The molecule has 0 fully saturated rings. The number of alkyl halides is 3. The van der Waals surface area contributed by atoms with Crippen LogP contribution in [0.3, 0.4) is 0 Å². The maximum Gasteiger partial charge on any atom is 0.407 e. The number of benzene rings is 2. The normalized spacial score (nSPS) is 13.8. The molecule has 0 aliphatic carbocycles. The van der Waals surface area contributed by atoms with Crippen molar-refractivity contribution in [3.63, 3.8) is 0 Å². The number of nitrogens with two attached hydrogens (primary N) is 1. The molecule has 1 atom stereocenters. The molecule has 0 aliphatic rings. The van der Waals surface area contributed by atoms with E-state index in [2.05, 4.69) is 0 Å². The van der Waals surface area contributed by atoms with Crippen LogP contribution in [0.2, 0.25) is 0 Å². The fourth-order valence-corrected chi connectivity index (χ4v) is 2.08. The van der Waals surface area contributed by atoms with Gasteiger partial charge in [-0.05, 0) is 34.4 Å². The van der Waals surface area contributed by atoms with Gasteiger partial charge in [0.05, 0.1) is 0 Å². The average Bonchev–Trinajstić information content (AvgIpc) is 2.35. The highest BCUT2D eigenvalue weighted by molar-refractivity contribution is 5.86. The quantitative estimate of drug-likeness (QED) is 0.861. The monoisotopic (exact) mass is 253 g/mol. The van der Waals surface area contributed by atoms with E-state index in [4.69, 9.17) is 5.73 Å². The fourth-order valence-electron chi connectivity index (χ4n) is 2.08.